The molecular weight excluding hydrogens is 222 g/mol. The molecule has 0 saturated heterocycles. The Morgan fingerprint density at radius 3 is 2.67 bits per heavy atom. The van der Waals surface area contributed by atoms with E-state index >= 15 is 0 Å². The van der Waals surface area contributed by atoms with E-state index in [1.165, 1.54) is 5.56 Å². The Hall–Kier alpha value is -2.03. The number of nitrogens with zero attached hydrogens (tertiary/aromatic N) is 1. The number of nitrogens with one attached hydrogen (secondary N) is 1. The van der Waals surface area contributed by atoms with Crippen LogP contribution < -0.4 is 11.1 Å². The van der Waals surface area contributed by atoms with Gasteiger partial charge in [0.1, 0.15) is 5.82 Å². The minimum Gasteiger partial charge on any atom is -0.396 e. The Bertz CT molecular complexity index is 508. The molecule has 0 aliphatic carbocycles. The maximum atomic E-state index is 6.00. The van der Waals surface area contributed by atoms with Crippen molar-refractivity contribution in [3.05, 3.63) is 53.7 Å². The quantitative estimate of drug-likeness (QED) is 0.865. The molecule has 0 amide bonds. The van der Waals surface area contributed by atoms with Crippen LogP contribution in [0.2, 0.25) is 0 Å². The Labute approximate surface area is 108 Å². The van der Waals surface area contributed by atoms with Crippen molar-refractivity contribution in [3.63, 3.8) is 0 Å². The molecule has 0 aliphatic rings. The number of benzene rings is 1. The molecule has 3 N–H and O–H groups in total. The molecule has 0 radical (unpaired) electrons. The molecule has 1 atom stereocenters. The molecule has 0 bridgehead atoms. The Balaban J connectivity index is 2.03. The molecular formula is C15H19N3. The molecule has 1 aromatic heterocycles. The first-order valence-corrected chi connectivity index (χ1v) is 6.18. The number of nitrogens with two attached hydrogens (primary N) is 1. The summed E-state index contributed by atoms with van der Waals surface area (Å²) in [5, 5.41) is 3.36. The molecule has 2 rings (SSSR count). The summed E-state index contributed by atoms with van der Waals surface area (Å²) in [6, 6.07) is 12.6. The lowest BCUT2D eigenvalue weighted by molar-refractivity contribution is 0.785. The maximum Gasteiger partial charge on any atom is 0.149 e. The number of aromatic nitrogens is 1. The van der Waals surface area contributed by atoms with E-state index in [-0.39, 0.29) is 0 Å². The zero-order chi connectivity index (χ0) is 13.0. The van der Waals surface area contributed by atoms with Gasteiger partial charge in [-0.1, -0.05) is 30.3 Å². The SMILES string of the molecule is Cc1ccnc(NC(C)Cc2ccccc2)c1N. The second kappa shape index (κ2) is 5.54. The lowest BCUT2D eigenvalue weighted by atomic mass is 10.1. The molecule has 18 heavy (non-hydrogen) atoms. The van der Waals surface area contributed by atoms with Crippen LogP contribution >= 0.6 is 0 Å². The van der Waals surface area contributed by atoms with Crippen LogP contribution in [0.4, 0.5) is 11.5 Å². The van der Waals surface area contributed by atoms with E-state index in [2.05, 4.69) is 41.5 Å². The molecule has 2 aromatic rings. The van der Waals surface area contributed by atoms with Crippen LogP contribution in [0.3, 0.4) is 0 Å². The molecule has 0 spiro atoms. The highest BCUT2D eigenvalue weighted by Gasteiger charge is 2.07. The van der Waals surface area contributed by atoms with Gasteiger partial charge in [-0.2, -0.15) is 0 Å². The van der Waals surface area contributed by atoms with Crippen LogP contribution in [-0.4, -0.2) is 11.0 Å². The first-order chi connectivity index (χ1) is 8.66. The van der Waals surface area contributed by atoms with Crippen molar-refractivity contribution >= 4 is 11.5 Å². The third-order valence-corrected chi connectivity index (χ3v) is 2.98. The highest BCUT2D eigenvalue weighted by Crippen LogP contribution is 2.20. The van der Waals surface area contributed by atoms with Crippen LogP contribution in [0.15, 0.2) is 42.6 Å². The topological polar surface area (TPSA) is 50.9 Å². The number of pyridine rings is 1. The number of nitrogen functional groups attached to an aromatic ring is 1. The van der Waals surface area contributed by atoms with Gasteiger partial charge in [0.25, 0.3) is 0 Å². The van der Waals surface area contributed by atoms with Crippen molar-refractivity contribution in [1.82, 2.24) is 4.98 Å². The van der Waals surface area contributed by atoms with Gasteiger partial charge in [-0.25, -0.2) is 4.98 Å². The molecule has 94 valence electrons. The predicted molar refractivity (Wildman–Crippen MR) is 76.6 cm³/mol. The van der Waals surface area contributed by atoms with Crippen LogP contribution in [0.5, 0.6) is 0 Å². The van der Waals surface area contributed by atoms with Crippen molar-refractivity contribution in [1.29, 1.82) is 0 Å². The van der Waals surface area contributed by atoms with E-state index in [0.717, 1.165) is 23.5 Å². The summed E-state index contributed by atoms with van der Waals surface area (Å²) < 4.78 is 0. The first kappa shape index (κ1) is 12.4. The highest BCUT2D eigenvalue weighted by molar-refractivity contribution is 5.65. The van der Waals surface area contributed by atoms with Crippen LogP contribution in [0.1, 0.15) is 18.1 Å². The molecule has 0 fully saturated rings. The molecule has 1 aromatic carbocycles. The maximum absolute atomic E-state index is 6.00. The fourth-order valence-corrected chi connectivity index (χ4v) is 1.94. The van der Waals surface area contributed by atoms with Crippen molar-refractivity contribution in [2.75, 3.05) is 11.1 Å². The smallest absolute Gasteiger partial charge is 0.149 e. The normalized spacial score (nSPS) is 12.1. The second-order valence-electron chi connectivity index (χ2n) is 4.63. The lowest BCUT2D eigenvalue weighted by Crippen LogP contribution is -2.20. The fraction of sp³-hybridized carbons (Fsp3) is 0.267. The number of anilines is 2. The summed E-state index contributed by atoms with van der Waals surface area (Å²) in [4.78, 5) is 4.28. The average molecular weight is 241 g/mol. The van der Waals surface area contributed by atoms with Gasteiger partial charge in [0.15, 0.2) is 0 Å². The zero-order valence-electron chi connectivity index (χ0n) is 10.9. The van der Waals surface area contributed by atoms with E-state index < -0.39 is 0 Å². The number of hydrogen-bond donors (Lipinski definition) is 2. The standard InChI is InChI=1S/C15H19N3/c1-11-8-9-17-15(14(11)16)18-12(2)10-13-6-4-3-5-7-13/h3-9,12H,10,16H2,1-2H3,(H,17,18). The molecule has 0 saturated carbocycles. The summed E-state index contributed by atoms with van der Waals surface area (Å²) in [5.74, 6) is 0.776. The molecule has 1 heterocycles. The fourth-order valence-electron chi connectivity index (χ4n) is 1.94. The van der Waals surface area contributed by atoms with Gasteiger partial charge in [-0.3, -0.25) is 0 Å². The van der Waals surface area contributed by atoms with Crippen LogP contribution in [0.25, 0.3) is 0 Å². The van der Waals surface area contributed by atoms with Gasteiger partial charge >= 0.3 is 0 Å². The monoisotopic (exact) mass is 241 g/mol. The molecule has 1 unspecified atom stereocenters. The lowest BCUT2D eigenvalue weighted by Gasteiger charge is -2.16. The van der Waals surface area contributed by atoms with Gasteiger partial charge in [0.2, 0.25) is 0 Å². The summed E-state index contributed by atoms with van der Waals surface area (Å²) in [7, 11) is 0. The van der Waals surface area contributed by atoms with Crippen LogP contribution in [-0.2, 0) is 6.42 Å². The van der Waals surface area contributed by atoms with E-state index in [9.17, 15) is 0 Å². The molecule has 3 heteroatoms. The summed E-state index contributed by atoms with van der Waals surface area (Å²) in [6.07, 6.45) is 2.74. The minimum absolute atomic E-state index is 0.295. The summed E-state index contributed by atoms with van der Waals surface area (Å²) in [6.45, 7) is 4.13. The van der Waals surface area contributed by atoms with Gasteiger partial charge < -0.3 is 11.1 Å². The molecule has 0 aliphatic heterocycles. The van der Waals surface area contributed by atoms with Gasteiger partial charge in [0, 0.05) is 12.2 Å². The third-order valence-electron chi connectivity index (χ3n) is 2.98. The van der Waals surface area contributed by atoms with Crippen molar-refractivity contribution in [2.45, 2.75) is 26.3 Å². The highest BCUT2D eigenvalue weighted by atomic mass is 15.0. The van der Waals surface area contributed by atoms with Gasteiger partial charge in [-0.05, 0) is 37.5 Å². The second-order valence-corrected chi connectivity index (χ2v) is 4.63. The molecule has 3 nitrogen and oxygen atoms in total. The van der Waals surface area contributed by atoms with Gasteiger partial charge in [0.05, 0.1) is 5.69 Å². The summed E-state index contributed by atoms with van der Waals surface area (Å²) in [5.41, 5.74) is 9.10. The predicted octanol–water partition coefficient (Wildman–Crippen LogP) is 3.02. The number of rotatable bonds is 4. The Morgan fingerprint density at radius 2 is 1.94 bits per heavy atom. The Morgan fingerprint density at radius 1 is 1.22 bits per heavy atom. The number of aryl methyl sites for hydroxylation is 1. The zero-order valence-corrected chi connectivity index (χ0v) is 10.9. The van der Waals surface area contributed by atoms with Crippen molar-refractivity contribution in [2.24, 2.45) is 0 Å². The van der Waals surface area contributed by atoms with E-state index in [1.807, 2.05) is 19.1 Å². The van der Waals surface area contributed by atoms with E-state index in [4.69, 9.17) is 5.73 Å². The average Bonchev–Trinajstić information content (AvgIpc) is 2.36. The number of hydrogen-bond acceptors (Lipinski definition) is 3. The third kappa shape index (κ3) is 3.00. The van der Waals surface area contributed by atoms with E-state index in [0.29, 0.717) is 6.04 Å². The van der Waals surface area contributed by atoms with Gasteiger partial charge in [-0.15, -0.1) is 0 Å². The van der Waals surface area contributed by atoms with E-state index in [1.54, 1.807) is 6.20 Å². The largest absolute Gasteiger partial charge is 0.396 e. The Kier molecular flexibility index (Phi) is 3.82. The first-order valence-electron chi connectivity index (χ1n) is 6.18. The van der Waals surface area contributed by atoms with Crippen LogP contribution in [0, 0.1) is 6.92 Å². The minimum atomic E-state index is 0.295. The van der Waals surface area contributed by atoms with Crippen molar-refractivity contribution in [3.8, 4) is 0 Å². The van der Waals surface area contributed by atoms with Crippen molar-refractivity contribution < 1.29 is 0 Å². The summed E-state index contributed by atoms with van der Waals surface area (Å²) >= 11 is 0.